The van der Waals surface area contributed by atoms with E-state index >= 15 is 0 Å². The molecule has 1 fully saturated rings. The summed E-state index contributed by atoms with van der Waals surface area (Å²) in [5, 5.41) is 20.1. The number of ether oxygens (including phenoxy) is 1. The monoisotopic (exact) mass is 473 g/mol. The molecule has 3 heterocycles. The first-order valence-corrected chi connectivity index (χ1v) is 11.8. The molecule has 1 amide bonds. The Labute approximate surface area is 205 Å². The number of hydrogen-bond donors (Lipinski definition) is 1. The summed E-state index contributed by atoms with van der Waals surface area (Å²) in [5.74, 6) is 0.514. The van der Waals surface area contributed by atoms with Gasteiger partial charge in [-0.2, -0.15) is 5.26 Å². The second-order valence-electron chi connectivity index (χ2n) is 9.92. The van der Waals surface area contributed by atoms with E-state index < -0.39 is 0 Å². The Morgan fingerprint density at radius 3 is 2.71 bits per heavy atom. The zero-order valence-electron chi connectivity index (χ0n) is 20.7. The van der Waals surface area contributed by atoms with Crippen LogP contribution < -0.4 is 10.1 Å². The number of nitriles is 1. The average Bonchev–Trinajstić information content (AvgIpc) is 3.29. The van der Waals surface area contributed by atoms with Gasteiger partial charge in [0.25, 0.3) is 5.91 Å². The van der Waals surface area contributed by atoms with E-state index in [1.54, 1.807) is 28.2 Å². The number of piperidine rings is 1. The van der Waals surface area contributed by atoms with Crippen LogP contribution in [-0.4, -0.2) is 55.5 Å². The minimum Gasteiger partial charge on any atom is -0.488 e. The smallest absolute Gasteiger partial charge is 0.273 e. The lowest BCUT2D eigenvalue weighted by atomic mass is 9.99. The molecule has 3 aromatic rings. The highest BCUT2D eigenvalue weighted by atomic mass is 16.5. The number of carbonyl (C=O) groups is 1. The Kier molecular flexibility index (Phi) is 7.01. The SMILES string of the molecule is Cc1cc(-c2ccncc2OC2CCN(C#N)CC2)ccc1Cn1cc(C(=O)NC(C)(C)C)nn1. The van der Waals surface area contributed by atoms with Crippen molar-refractivity contribution in [2.24, 2.45) is 0 Å². The summed E-state index contributed by atoms with van der Waals surface area (Å²) in [5.41, 5.74) is 4.18. The normalized spacial score (nSPS) is 14.4. The maximum Gasteiger partial charge on any atom is 0.273 e. The Bertz CT molecular complexity index is 1230. The highest BCUT2D eigenvalue weighted by Crippen LogP contribution is 2.32. The third-order valence-corrected chi connectivity index (χ3v) is 5.91. The number of hydrogen-bond acceptors (Lipinski definition) is 7. The molecular weight excluding hydrogens is 442 g/mol. The fraction of sp³-hybridized carbons (Fsp3) is 0.423. The standard InChI is InChI=1S/C26H31N7O2/c1-18-13-19(22-7-10-28-14-24(22)35-21-8-11-32(17-27)12-9-21)5-6-20(18)15-33-16-23(30-31-33)25(34)29-26(2,3)4/h5-7,10,13-14,16,21H,8-9,11-12,15H2,1-4H3,(H,29,34). The lowest BCUT2D eigenvalue weighted by Crippen LogP contribution is -2.40. The van der Waals surface area contributed by atoms with Crippen LogP contribution in [0.1, 0.15) is 55.2 Å². The van der Waals surface area contributed by atoms with E-state index in [1.165, 1.54) is 0 Å². The Hall–Kier alpha value is -3.93. The van der Waals surface area contributed by atoms with Gasteiger partial charge in [-0.05, 0) is 50.5 Å². The lowest BCUT2D eigenvalue weighted by molar-refractivity contribution is 0.0914. The second-order valence-corrected chi connectivity index (χ2v) is 9.92. The second kappa shape index (κ2) is 10.1. The zero-order chi connectivity index (χ0) is 25.0. The van der Waals surface area contributed by atoms with Crippen LogP contribution in [0.25, 0.3) is 11.1 Å². The van der Waals surface area contributed by atoms with Gasteiger partial charge in [-0.25, -0.2) is 4.68 Å². The predicted octanol–water partition coefficient (Wildman–Crippen LogP) is 3.55. The zero-order valence-corrected chi connectivity index (χ0v) is 20.7. The highest BCUT2D eigenvalue weighted by Gasteiger charge is 2.21. The molecule has 35 heavy (non-hydrogen) atoms. The van der Waals surface area contributed by atoms with Gasteiger partial charge in [0.2, 0.25) is 0 Å². The van der Waals surface area contributed by atoms with Gasteiger partial charge in [-0.15, -0.1) is 5.10 Å². The van der Waals surface area contributed by atoms with Crippen molar-refractivity contribution in [2.75, 3.05) is 13.1 Å². The van der Waals surface area contributed by atoms with Crippen molar-refractivity contribution in [3.05, 3.63) is 59.7 Å². The maximum atomic E-state index is 12.3. The van der Waals surface area contributed by atoms with Crippen molar-refractivity contribution < 1.29 is 9.53 Å². The van der Waals surface area contributed by atoms with E-state index in [0.29, 0.717) is 25.3 Å². The molecule has 4 rings (SSSR count). The fourth-order valence-corrected chi connectivity index (χ4v) is 4.07. The molecule has 0 atom stereocenters. The number of pyridine rings is 1. The van der Waals surface area contributed by atoms with Crippen LogP contribution in [0.2, 0.25) is 0 Å². The van der Waals surface area contributed by atoms with E-state index in [4.69, 9.17) is 10.00 Å². The Morgan fingerprint density at radius 1 is 1.26 bits per heavy atom. The molecule has 1 aliphatic heterocycles. The van der Waals surface area contributed by atoms with Crippen molar-refractivity contribution in [2.45, 2.75) is 58.7 Å². The highest BCUT2D eigenvalue weighted by molar-refractivity contribution is 5.92. The van der Waals surface area contributed by atoms with Gasteiger partial charge >= 0.3 is 0 Å². The third-order valence-electron chi connectivity index (χ3n) is 5.91. The molecule has 1 aromatic carbocycles. The third kappa shape index (κ3) is 6.15. The van der Waals surface area contributed by atoms with Crippen LogP contribution >= 0.6 is 0 Å². The number of nitrogens with zero attached hydrogens (tertiary/aromatic N) is 6. The molecule has 182 valence electrons. The van der Waals surface area contributed by atoms with Gasteiger partial charge in [0.05, 0.1) is 18.9 Å². The molecule has 9 heteroatoms. The average molecular weight is 474 g/mol. The van der Waals surface area contributed by atoms with Gasteiger partial charge in [-0.1, -0.05) is 23.4 Å². The largest absolute Gasteiger partial charge is 0.488 e. The summed E-state index contributed by atoms with van der Waals surface area (Å²) in [6, 6.07) is 8.22. The van der Waals surface area contributed by atoms with E-state index in [2.05, 4.69) is 51.9 Å². The van der Waals surface area contributed by atoms with Crippen molar-refractivity contribution in [3.63, 3.8) is 0 Å². The first kappa shape index (κ1) is 24.2. The van der Waals surface area contributed by atoms with Gasteiger partial charge in [0, 0.05) is 43.2 Å². The summed E-state index contributed by atoms with van der Waals surface area (Å²) in [6.07, 6.45) is 9.09. The van der Waals surface area contributed by atoms with E-state index in [-0.39, 0.29) is 17.6 Å². The van der Waals surface area contributed by atoms with E-state index in [1.807, 2.05) is 26.8 Å². The number of nitrogens with one attached hydrogen (secondary N) is 1. The molecule has 0 unspecified atom stereocenters. The number of likely N-dealkylation sites (tertiary alicyclic amines) is 1. The molecule has 0 aliphatic carbocycles. The van der Waals surface area contributed by atoms with Crippen molar-refractivity contribution in [3.8, 4) is 23.1 Å². The Morgan fingerprint density at radius 2 is 2.03 bits per heavy atom. The van der Waals surface area contributed by atoms with Crippen molar-refractivity contribution in [1.29, 1.82) is 5.26 Å². The number of aromatic nitrogens is 4. The minimum absolute atomic E-state index is 0.0694. The quantitative estimate of drug-likeness (QED) is 0.545. The molecule has 1 N–H and O–H groups in total. The molecule has 1 aliphatic rings. The molecule has 0 radical (unpaired) electrons. The minimum atomic E-state index is -0.337. The van der Waals surface area contributed by atoms with Gasteiger partial charge in [-0.3, -0.25) is 9.78 Å². The van der Waals surface area contributed by atoms with Crippen LogP contribution in [0.15, 0.2) is 42.9 Å². The molecule has 0 bridgehead atoms. The van der Waals surface area contributed by atoms with Crippen LogP contribution in [0, 0.1) is 18.4 Å². The fourth-order valence-electron chi connectivity index (χ4n) is 4.07. The summed E-state index contributed by atoms with van der Waals surface area (Å²) < 4.78 is 7.98. The van der Waals surface area contributed by atoms with Gasteiger partial charge in [0.15, 0.2) is 11.9 Å². The van der Waals surface area contributed by atoms with Crippen molar-refractivity contribution >= 4 is 5.91 Å². The van der Waals surface area contributed by atoms with Crippen LogP contribution in [-0.2, 0) is 6.54 Å². The molecule has 9 nitrogen and oxygen atoms in total. The lowest BCUT2D eigenvalue weighted by Gasteiger charge is -2.29. The summed E-state index contributed by atoms with van der Waals surface area (Å²) in [4.78, 5) is 18.4. The molecule has 0 saturated carbocycles. The number of rotatable bonds is 6. The number of carbonyl (C=O) groups excluding carboxylic acids is 1. The maximum absolute atomic E-state index is 12.3. The topological polar surface area (TPSA) is 109 Å². The van der Waals surface area contributed by atoms with Crippen LogP contribution in [0.4, 0.5) is 0 Å². The van der Waals surface area contributed by atoms with E-state index in [9.17, 15) is 4.79 Å². The van der Waals surface area contributed by atoms with Crippen LogP contribution in [0.3, 0.4) is 0 Å². The molecule has 2 aromatic heterocycles. The molecule has 1 saturated heterocycles. The van der Waals surface area contributed by atoms with E-state index in [0.717, 1.165) is 40.8 Å². The number of aryl methyl sites for hydroxylation is 1. The van der Waals surface area contributed by atoms with Gasteiger partial charge < -0.3 is 15.0 Å². The predicted molar refractivity (Wildman–Crippen MR) is 132 cm³/mol. The van der Waals surface area contributed by atoms with Gasteiger partial charge in [0.1, 0.15) is 11.9 Å². The number of benzene rings is 1. The van der Waals surface area contributed by atoms with Crippen LogP contribution in [0.5, 0.6) is 5.75 Å². The first-order chi connectivity index (χ1) is 16.7. The summed E-state index contributed by atoms with van der Waals surface area (Å²) in [6.45, 7) is 9.78. The molecule has 0 spiro atoms. The van der Waals surface area contributed by atoms with Crippen molar-refractivity contribution in [1.82, 2.24) is 30.2 Å². The summed E-state index contributed by atoms with van der Waals surface area (Å²) in [7, 11) is 0. The number of amides is 1. The summed E-state index contributed by atoms with van der Waals surface area (Å²) >= 11 is 0. The Balaban J connectivity index is 1.47. The first-order valence-electron chi connectivity index (χ1n) is 11.8. The molecular formula is C26H31N7O2.